The first kappa shape index (κ1) is 21.9. The molecule has 0 aliphatic heterocycles. The van der Waals surface area contributed by atoms with Gasteiger partial charge in [-0.2, -0.15) is 0 Å². The van der Waals surface area contributed by atoms with Crippen molar-refractivity contribution in [2.45, 2.75) is 13.2 Å². The predicted molar refractivity (Wildman–Crippen MR) is 74.9 cm³/mol. The van der Waals surface area contributed by atoms with Crippen LogP contribution in [0.15, 0.2) is 45.6 Å². The number of rotatable bonds is 2. The van der Waals surface area contributed by atoms with E-state index in [0.717, 1.165) is 8.95 Å². The summed E-state index contributed by atoms with van der Waals surface area (Å²) >= 11 is 6.42. The van der Waals surface area contributed by atoms with E-state index in [4.69, 9.17) is 0 Å². The maximum absolute atomic E-state index is 10.2. The summed E-state index contributed by atoms with van der Waals surface area (Å²) < 4.78 is 1.81. The van der Waals surface area contributed by atoms with Crippen molar-refractivity contribution in [3.8, 4) is 0 Å². The van der Waals surface area contributed by atoms with Gasteiger partial charge in [-0.3, -0.25) is 9.97 Å². The van der Waals surface area contributed by atoms with Gasteiger partial charge in [-0.25, -0.2) is 0 Å². The van der Waals surface area contributed by atoms with E-state index in [9.17, 15) is 10.2 Å². The fourth-order valence-electron chi connectivity index (χ4n) is 0.984. The van der Waals surface area contributed by atoms with Crippen molar-refractivity contribution in [2.24, 2.45) is 0 Å². The Balaban J connectivity index is 0. The Kier molecular flexibility index (Phi) is 13.6. The van der Waals surface area contributed by atoms with Gasteiger partial charge in [0.15, 0.2) is 0 Å². The van der Waals surface area contributed by atoms with Crippen molar-refractivity contribution >= 4 is 31.9 Å². The van der Waals surface area contributed by atoms with Crippen molar-refractivity contribution in [3.63, 3.8) is 0 Å². The fraction of sp³-hybridized carbons (Fsp3) is 0.167. The average molecular weight is 456 g/mol. The molecule has 2 aromatic rings. The minimum absolute atomic E-state index is 0. The van der Waals surface area contributed by atoms with Gasteiger partial charge in [0.1, 0.15) is 0 Å². The van der Waals surface area contributed by atoms with Crippen LogP contribution in [0, 0.1) is 0 Å². The summed E-state index contributed by atoms with van der Waals surface area (Å²) in [6, 6.07) is 7.02. The molecule has 20 heavy (non-hydrogen) atoms. The molecule has 0 aliphatic rings. The molecule has 0 aromatic carbocycles. The van der Waals surface area contributed by atoms with E-state index in [1.807, 2.05) is 0 Å². The van der Waals surface area contributed by atoms with Gasteiger partial charge in [0, 0.05) is 32.7 Å². The van der Waals surface area contributed by atoms with E-state index in [2.05, 4.69) is 41.8 Å². The Labute approximate surface area is 144 Å². The Morgan fingerprint density at radius 3 is 1.35 bits per heavy atom. The third-order valence-corrected chi connectivity index (χ3v) is 2.81. The zero-order valence-corrected chi connectivity index (χ0v) is 14.3. The zero-order valence-electron chi connectivity index (χ0n) is 10.1. The van der Waals surface area contributed by atoms with Crippen molar-refractivity contribution < 1.29 is 32.8 Å². The van der Waals surface area contributed by atoms with Crippen molar-refractivity contribution in [1.29, 1.82) is 0 Å². The normalized spacial score (nSPS) is 8.60. The van der Waals surface area contributed by atoms with Crippen molar-refractivity contribution in [3.05, 3.63) is 57.0 Å². The van der Waals surface area contributed by atoms with Crippen LogP contribution in [0.25, 0.3) is 0 Å². The molecule has 2 aromatic heterocycles. The third-order valence-electron chi connectivity index (χ3n) is 1.87. The summed E-state index contributed by atoms with van der Waals surface area (Å²) in [5, 5.41) is 20.3. The molecule has 0 amide bonds. The van der Waals surface area contributed by atoms with Gasteiger partial charge >= 0.3 is 17.1 Å². The number of pyridine rings is 2. The molecule has 0 saturated carbocycles. The van der Waals surface area contributed by atoms with Crippen molar-refractivity contribution in [1.82, 2.24) is 9.97 Å². The molecule has 1 radical (unpaired) electrons. The minimum atomic E-state index is -0.243. The second-order valence-corrected chi connectivity index (χ2v) is 5.06. The van der Waals surface area contributed by atoms with E-state index < -0.39 is 0 Å². The van der Waals surface area contributed by atoms with Crippen LogP contribution in [0.5, 0.6) is 0 Å². The van der Waals surface area contributed by atoms with Crippen molar-refractivity contribution in [2.75, 3.05) is 0 Å². The Hall–Kier alpha value is -0.341. The Morgan fingerprint density at radius 1 is 0.800 bits per heavy atom. The van der Waals surface area contributed by atoms with Crippen LogP contribution >= 0.6 is 31.9 Å². The zero-order chi connectivity index (χ0) is 13.4. The van der Waals surface area contributed by atoms with Crippen LogP contribution in [0.2, 0.25) is 0 Å². The van der Waals surface area contributed by atoms with E-state index >= 15 is 0 Å². The van der Waals surface area contributed by atoms with Crippen LogP contribution in [0.3, 0.4) is 0 Å². The molecular weight excluding hydrogens is 443 g/mol. The number of aromatic nitrogens is 2. The molecule has 113 valence electrons. The van der Waals surface area contributed by atoms with Crippen LogP contribution in [-0.4, -0.2) is 15.4 Å². The first-order valence-electron chi connectivity index (χ1n) is 5.02. The monoisotopic (exact) mass is 453 g/mol. The second kappa shape index (κ2) is 12.4. The van der Waals surface area contributed by atoms with E-state index in [1.54, 1.807) is 36.7 Å². The van der Waals surface area contributed by atoms with Crippen LogP contribution in [-0.2, 0) is 30.3 Å². The Morgan fingerprint density at radius 2 is 1.15 bits per heavy atom. The third kappa shape index (κ3) is 8.76. The largest absolute Gasteiger partial charge is 2.00 e. The molecule has 0 unspecified atom stereocenters. The van der Waals surface area contributed by atoms with Crippen LogP contribution < -0.4 is 10.2 Å². The van der Waals surface area contributed by atoms with Gasteiger partial charge in [-0.05, 0) is 56.1 Å². The SMILES string of the molecule is O.[Cu+2].[O-]Cc1ccc(Br)cn1.[O-]Cc1ccc(Br)cn1. The van der Waals surface area contributed by atoms with Gasteiger partial charge in [0.05, 0.1) is 0 Å². The van der Waals surface area contributed by atoms with Gasteiger partial charge < -0.3 is 15.7 Å². The molecule has 0 bridgehead atoms. The topological polar surface area (TPSA) is 103 Å². The van der Waals surface area contributed by atoms with Gasteiger partial charge in [0.2, 0.25) is 0 Å². The Bertz CT molecular complexity index is 424. The smallest absolute Gasteiger partial charge is 0.850 e. The molecule has 8 heteroatoms. The summed E-state index contributed by atoms with van der Waals surface area (Å²) in [5.41, 5.74) is 1.16. The number of hydrogen-bond donors (Lipinski definition) is 0. The molecule has 0 spiro atoms. The maximum Gasteiger partial charge on any atom is 2.00 e. The fourth-order valence-corrected chi connectivity index (χ4v) is 1.45. The summed E-state index contributed by atoms with van der Waals surface area (Å²) in [6.07, 6.45) is 3.24. The van der Waals surface area contributed by atoms with Gasteiger partial charge in [-0.1, -0.05) is 13.2 Å². The van der Waals surface area contributed by atoms with Gasteiger partial charge in [-0.15, -0.1) is 0 Å². The quantitative estimate of drug-likeness (QED) is 0.618. The standard InChI is InChI=1S/2C6H5BrNO.Cu.H2O/c2*7-5-1-2-6(4-9)8-3-5;;/h2*1-3H,4H2;;1H2/q2*-1;+2;. The summed E-state index contributed by atoms with van der Waals surface area (Å²) in [5.74, 6) is 0. The maximum atomic E-state index is 10.2. The molecule has 2 heterocycles. The molecule has 2 N–H and O–H groups in total. The first-order valence-corrected chi connectivity index (χ1v) is 6.61. The van der Waals surface area contributed by atoms with E-state index in [1.165, 1.54) is 0 Å². The number of hydrogen-bond acceptors (Lipinski definition) is 4. The predicted octanol–water partition coefficient (Wildman–Crippen LogP) is 0.582. The average Bonchev–Trinajstić information content (AvgIpc) is 2.41. The van der Waals surface area contributed by atoms with E-state index in [-0.39, 0.29) is 35.8 Å². The summed E-state index contributed by atoms with van der Waals surface area (Å²) in [6.45, 7) is -0.486. The first-order chi connectivity index (χ1) is 8.65. The number of nitrogens with zero attached hydrogens (tertiary/aromatic N) is 2. The molecule has 0 aliphatic carbocycles. The molecule has 0 fully saturated rings. The molecule has 0 saturated heterocycles. The molecule has 0 atom stereocenters. The molecular formula is C12H12Br2CuN2O3. The number of halogens is 2. The second-order valence-electron chi connectivity index (χ2n) is 3.22. The minimum Gasteiger partial charge on any atom is -0.850 e. The molecule has 2 rings (SSSR count). The van der Waals surface area contributed by atoms with Gasteiger partial charge in [0.25, 0.3) is 0 Å². The molecule has 5 nitrogen and oxygen atoms in total. The summed E-state index contributed by atoms with van der Waals surface area (Å²) in [7, 11) is 0. The summed E-state index contributed by atoms with van der Waals surface area (Å²) in [4.78, 5) is 7.67. The van der Waals surface area contributed by atoms with Crippen LogP contribution in [0.4, 0.5) is 0 Å². The van der Waals surface area contributed by atoms with E-state index in [0.29, 0.717) is 11.4 Å². The van der Waals surface area contributed by atoms with Crippen LogP contribution in [0.1, 0.15) is 11.4 Å².